The van der Waals surface area contributed by atoms with E-state index in [9.17, 15) is 9.18 Å². The van der Waals surface area contributed by atoms with Crippen LogP contribution in [0, 0.1) is 5.82 Å². The lowest BCUT2D eigenvalue weighted by molar-refractivity contribution is -0.113. The second kappa shape index (κ2) is 8.44. The van der Waals surface area contributed by atoms with Crippen LogP contribution in [0.25, 0.3) is 0 Å². The van der Waals surface area contributed by atoms with Gasteiger partial charge in [-0.15, -0.1) is 11.8 Å². The number of ether oxygens (including phenoxy) is 1. The third-order valence-corrected chi connectivity index (χ3v) is 3.85. The van der Waals surface area contributed by atoms with E-state index in [2.05, 4.69) is 5.32 Å². The number of thioether (sulfide) groups is 1. The maximum absolute atomic E-state index is 12.8. The van der Waals surface area contributed by atoms with Gasteiger partial charge < -0.3 is 10.1 Å². The number of carbonyl (C=O) groups is 1. The Morgan fingerprint density at radius 3 is 2.73 bits per heavy atom. The van der Waals surface area contributed by atoms with Gasteiger partial charge in [-0.1, -0.05) is 18.2 Å². The Balaban J connectivity index is 1.78. The van der Waals surface area contributed by atoms with Gasteiger partial charge in [0.25, 0.3) is 0 Å². The monoisotopic (exact) mass is 319 g/mol. The third kappa shape index (κ3) is 5.41. The Hall–Kier alpha value is -2.01. The third-order valence-electron chi connectivity index (χ3n) is 2.84. The summed E-state index contributed by atoms with van der Waals surface area (Å²) < 4.78 is 18.2. The van der Waals surface area contributed by atoms with E-state index in [4.69, 9.17) is 4.74 Å². The molecule has 0 aliphatic rings. The molecule has 2 aromatic rings. The van der Waals surface area contributed by atoms with Crippen molar-refractivity contribution >= 4 is 23.4 Å². The summed E-state index contributed by atoms with van der Waals surface area (Å²) in [5, 5.41) is 2.84. The van der Waals surface area contributed by atoms with Crippen molar-refractivity contribution in [3.05, 3.63) is 59.9 Å². The van der Waals surface area contributed by atoms with Gasteiger partial charge >= 0.3 is 0 Å². The van der Waals surface area contributed by atoms with Crippen LogP contribution in [0.2, 0.25) is 0 Å². The Bertz CT molecular complexity index is 616. The number of carbonyl (C=O) groups excluding carboxylic acids is 1. The number of anilines is 1. The highest BCUT2D eigenvalue weighted by atomic mass is 32.2. The highest BCUT2D eigenvalue weighted by Gasteiger charge is 2.04. The molecule has 0 saturated carbocycles. The molecule has 2 rings (SSSR count). The van der Waals surface area contributed by atoms with Crippen molar-refractivity contribution in [3.63, 3.8) is 0 Å². The van der Waals surface area contributed by atoms with Crippen molar-refractivity contribution in [2.45, 2.75) is 12.7 Å². The molecule has 0 aliphatic carbocycles. The number of amides is 1. The van der Waals surface area contributed by atoms with Gasteiger partial charge in [-0.3, -0.25) is 4.79 Å². The van der Waals surface area contributed by atoms with Crippen LogP contribution in [0.1, 0.15) is 12.5 Å². The molecule has 116 valence electrons. The second-order valence-corrected chi connectivity index (χ2v) is 5.61. The first-order valence-electron chi connectivity index (χ1n) is 7.02. The number of hydrogen-bond acceptors (Lipinski definition) is 3. The van der Waals surface area contributed by atoms with E-state index in [1.807, 2.05) is 25.1 Å². The summed E-state index contributed by atoms with van der Waals surface area (Å²) in [4.78, 5) is 11.9. The minimum absolute atomic E-state index is 0.0687. The molecule has 0 aliphatic heterocycles. The quantitative estimate of drug-likeness (QED) is 0.835. The molecule has 5 heteroatoms. The fraction of sp³-hybridized carbons (Fsp3) is 0.235. The van der Waals surface area contributed by atoms with Gasteiger partial charge in [-0.2, -0.15) is 0 Å². The van der Waals surface area contributed by atoms with E-state index < -0.39 is 0 Å². The molecule has 0 radical (unpaired) electrons. The standard InChI is InChI=1S/C17H18FNO2S/c1-2-21-16-5-3-4-15(10-16)19-17(20)12-22-11-13-6-8-14(18)9-7-13/h3-10H,2,11-12H2,1H3,(H,19,20). The Kier molecular flexibility index (Phi) is 6.27. The summed E-state index contributed by atoms with van der Waals surface area (Å²) in [6.07, 6.45) is 0. The van der Waals surface area contributed by atoms with Gasteiger partial charge in [-0.25, -0.2) is 4.39 Å². The van der Waals surface area contributed by atoms with E-state index >= 15 is 0 Å². The summed E-state index contributed by atoms with van der Waals surface area (Å²) >= 11 is 1.49. The molecule has 0 unspecified atom stereocenters. The zero-order valence-electron chi connectivity index (χ0n) is 12.3. The van der Waals surface area contributed by atoms with Crippen LogP contribution in [0.5, 0.6) is 5.75 Å². The van der Waals surface area contributed by atoms with Crippen LogP contribution >= 0.6 is 11.8 Å². The first-order chi connectivity index (χ1) is 10.7. The zero-order chi connectivity index (χ0) is 15.8. The van der Waals surface area contributed by atoms with Gasteiger partial charge in [0.15, 0.2) is 0 Å². The van der Waals surface area contributed by atoms with Crippen molar-refractivity contribution < 1.29 is 13.9 Å². The maximum Gasteiger partial charge on any atom is 0.234 e. The average molecular weight is 319 g/mol. The lowest BCUT2D eigenvalue weighted by Crippen LogP contribution is -2.14. The molecule has 0 spiro atoms. The predicted molar refractivity (Wildman–Crippen MR) is 88.8 cm³/mol. The number of rotatable bonds is 7. The molecule has 1 amide bonds. The minimum Gasteiger partial charge on any atom is -0.494 e. The summed E-state index contributed by atoms with van der Waals surface area (Å²) in [6, 6.07) is 13.6. The van der Waals surface area contributed by atoms with Crippen LogP contribution < -0.4 is 10.1 Å². The smallest absolute Gasteiger partial charge is 0.234 e. The molecule has 3 nitrogen and oxygen atoms in total. The van der Waals surface area contributed by atoms with Crippen LogP contribution in [-0.2, 0) is 10.5 Å². The van der Waals surface area contributed by atoms with E-state index in [1.54, 1.807) is 18.2 Å². The van der Waals surface area contributed by atoms with Gasteiger partial charge in [0.05, 0.1) is 12.4 Å². The fourth-order valence-electron chi connectivity index (χ4n) is 1.87. The SMILES string of the molecule is CCOc1cccc(NC(=O)CSCc2ccc(F)cc2)c1. The fourth-order valence-corrected chi connectivity index (χ4v) is 2.66. The zero-order valence-corrected chi connectivity index (χ0v) is 13.2. The number of benzene rings is 2. The first-order valence-corrected chi connectivity index (χ1v) is 8.17. The van der Waals surface area contributed by atoms with Gasteiger partial charge in [-0.05, 0) is 36.8 Å². The van der Waals surface area contributed by atoms with Gasteiger partial charge in [0.2, 0.25) is 5.91 Å². The predicted octanol–water partition coefficient (Wildman–Crippen LogP) is 4.10. The number of hydrogen-bond donors (Lipinski definition) is 1. The topological polar surface area (TPSA) is 38.3 Å². The van der Waals surface area contributed by atoms with Crippen molar-refractivity contribution in [2.24, 2.45) is 0 Å². The normalized spacial score (nSPS) is 10.3. The Morgan fingerprint density at radius 1 is 1.23 bits per heavy atom. The lowest BCUT2D eigenvalue weighted by atomic mass is 10.2. The van der Waals surface area contributed by atoms with Crippen LogP contribution in [0.4, 0.5) is 10.1 Å². The Labute approximate surface area is 133 Å². The molecule has 2 aromatic carbocycles. The minimum atomic E-state index is -0.249. The van der Waals surface area contributed by atoms with Gasteiger partial charge in [0.1, 0.15) is 11.6 Å². The molecule has 22 heavy (non-hydrogen) atoms. The Morgan fingerprint density at radius 2 is 2.00 bits per heavy atom. The van der Waals surface area contributed by atoms with E-state index in [-0.39, 0.29) is 11.7 Å². The van der Waals surface area contributed by atoms with E-state index in [1.165, 1.54) is 23.9 Å². The largest absolute Gasteiger partial charge is 0.494 e. The van der Waals surface area contributed by atoms with Crippen molar-refractivity contribution in [3.8, 4) is 5.75 Å². The summed E-state index contributed by atoms with van der Waals surface area (Å²) in [6.45, 7) is 2.50. The molecule has 0 saturated heterocycles. The molecular formula is C17H18FNO2S. The lowest BCUT2D eigenvalue weighted by Gasteiger charge is -2.08. The number of halogens is 1. The van der Waals surface area contributed by atoms with Crippen LogP contribution in [-0.4, -0.2) is 18.3 Å². The highest BCUT2D eigenvalue weighted by molar-refractivity contribution is 7.99. The van der Waals surface area contributed by atoms with Crippen molar-refractivity contribution in [1.29, 1.82) is 0 Å². The molecule has 1 N–H and O–H groups in total. The molecule has 0 aromatic heterocycles. The summed E-state index contributed by atoms with van der Waals surface area (Å²) in [5.41, 5.74) is 1.72. The highest BCUT2D eigenvalue weighted by Crippen LogP contribution is 2.18. The summed E-state index contributed by atoms with van der Waals surface area (Å²) in [5.74, 6) is 1.43. The van der Waals surface area contributed by atoms with Crippen LogP contribution in [0.3, 0.4) is 0 Å². The van der Waals surface area contributed by atoms with E-state index in [0.717, 1.165) is 17.0 Å². The van der Waals surface area contributed by atoms with Crippen molar-refractivity contribution in [2.75, 3.05) is 17.7 Å². The molecule has 0 fully saturated rings. The number of nitrogens with one attached hydrogen (secondary N) is 1. The molecular weight excluding hydrogens is 301 g/mol. The average Bonchev–Trinajstić information content (AvgIpc) is 2.50. The maximum atomic E-state index is 12.8. The molecule has 0 heterocycles. The second-order valence-electron chi connectivity index (χ2n) is 4.63. The first kappa shape index (κ1) is 16.4. The molecule has 0 atom stereocenters. The van der Waals surface area contributed by atoms with Gasteiger partial charge in [0, 0.05) is 17.5 Å². The van der Waals surface area contributed by atoms with Crippen molar-refractivity contribution in [1.82, 2.24) is 0 Å². The molecule has 0 bridgehead atoms. The van der Waals surface area contributed by atoms with Crippen LogP contribution in [0.15, 0.2) is 48.5 Å². The summed E-state index contributed by atoms with van der Waals surface area (Å²) in [7, 11) is 0. The van der Waals surface area contributed by atoms with E-state index in [0.29, 0.717) is 18.1 Å².